The summed E-state index contributed by atoms with van der Waals surface area (Å²) < 4.78 is 21.1. The summed E-state index contributed by atoms with van der Waals surface area (Å²) in [5.74, 6) is -12.5. The fraction of sp³-hybridized carbons (Fsp3) is 0.750. The topological polar surface area (TPSA) is 487 Å². The second-order valence-electron chi connectivity index (χ2n) is 20.6. The predicted octanol–water partition coefficient (Wildman–Crippen LogP) is 0.349. The zero-order valence-electron chi connectivity index (χ0n) is 50.0. The molecule has 5 atom stereocenters. The molecule has 0 aliphatic heterocycles. The molecule has 8 amide bonds. The number of carbonyl (C=O) groups excluding carboxylic acids is 9. The maximum Gasteiger partial charge on any atom is 0.326 e. The zero-order valence-corrected chi connectivity index (χ0v) is 50.0. The minimum atomic E-state index is -1.67. The third-order valence-electron chi connectivity index (χ3n) is 13.1. The summed E-state index contributed by atoms with van der Waals surface area (Å²) in [5, 5.41) is 63.8. The second kappa shape index (κ2) is 50.7. The van der Waals surface area contributed by atoms with Gasteiger partial charge in [-0.2, -0.15) is 0 Å². The van der Waals surface area contributed by atoms with E-state index in [0.717, 1.165) is 83.5 Å². The van der Waals surface area contributed by atoms with Crippen LogP contribution < -0.4 is 43.0 Å². The number of Topliss-reactive ketones (excluding diaryl/α,β-unsaturated/α-hetero) is 1. The van der Waals surface area contributed by atoms with Crippen molar-refractivity contribution in [1.29, 1.82) is 0 Å². The molecule has 0 aliphatic rings. The lowest BCUT2D eigenvalue weighted by Crippen LogP contribution is -2.45. The molecule has 14 N–H and O–H groups in total. The first-order valence-electron chi connectivity index (χ1n) is 29.6. The van der Waals surface area contributed by atoms with Crippen LogP contribution in [0.2, 0.25) is 0 Å². The van der Waals surface area contributed by atoms with Gasteiger partial charge in [0.25, 0.3) is 0 Å². The van der Waals surface area contributed by atoms with Gasteiger partial charge < -0.3 is 87.4 Å². The van der Waals surface area contributed by atoms with Crippen molar-refractivity contribution in [2.45, 2.75) is 204 Å². The quantitative estimate of drug-likeness (QED) is 0.0365. The molecule has 31 heteroatoms. The van der Waals surface area contributed by atoms with E-state index in [1.54, 1.807) is 0 Å². The van der Waals surface area contributed by atoms with Crippen LogP contribution in [-0.4, -0.2) is 205 Å². The van der Waals surface area contributed by atoms with Crippen molar-refractivity contribution in [2.24, 2.45) is 5.73 Å². The van der Waals surface area contributed by atoms with Crippen LogP contribution >= 0.6 is 0 Å². The first-order valence-corrected chi connectivity index (χ1v) is 29.6. The molecule has 0 saturated carbocycles. The van der Waals surface area contributed by atoms with Crippen LogP contribution in [0.3, 0.4) is 0 Å². The zero-order chi connectivity index (χ0) is 65.2. The lowest BCUT2D eigenvalue weighted by Gasteiger charge is -2.18. The average molecular weight is 1250 g/mol. The van der Waals surface area contributed by atoms with E-state index in [1.807, 2.05) is 0 Å². The van der Waals surface area contributed by atoms with Crippen LogP contribution in [0, 0.1) is 0 Å². The van der Waals surface area contributed by atoms with Crippen LogP contribution in [-0.2, 0) is 86.1 Å². The van der Waals surface area contributed by atoms with Crippen molar-refractivity contribution in [3.8, 4) is 0 Å². The largest absolute Gasteiger partial charge is 0.481 e. The molecule has 0 fully saturated rings. The second-order valence-corrected chi connectivity index (χ2v) is 20.6. The highest BCUT2D eigenvalue weighted by Crippen LogP contribution is 2.15. The van der Waals surface area contributed by atoms with Gasteiger partial charge in [-0.25, -0.2) is 19.2 Å². The molecule has 0 saturated heterocycles. The summed E-state index contributed by atoms with van der Waals surface area (Å²) in [7, 11) is 0. The van der Waals surface area contributed by atoms with E-state index in [2.05, 4.69) is 37.2 Å². The number of hydrogen-bond donors (Lipinski definition) is 13. The molecular formula is C56H94N8O23. The van der Waals surface area contributed by atoms with Gasteiger partial charge in [-0.3, -0.25) is 47.9 Å². The molecule has 0 spiro atoms. The van der Waals surface area contributed by atoms with Crippen molar-refractivity contribution in [1.82, 2.24) is 37.2 Å². The Labute approximate surface area is 506 Å². The molecule has 0 unspecified atom stereocenters. The van der Waals surface area contributed by atoms with E-state index in [-0.39, 0.29) is 117 Å². The van der Waals surface area contributed by atoms with E-state index in [4.69, 9.17) is 29.8 Å². The SMILES string of the molecule is CC(=O)[C@H](CCC(N)=O)NC(=O)COCCOCCNC(=O)COCCOCCNC(=O)CC[C@@H](NC(=O)CC[C@H](NC(=O)CC[C@@H](NC(=O)CC[C@H](NC(=O)CCCCCCCCCCCCCCCCC(=O)O)C(=O)O)C(=O)O)C(=O)O)C(=O)O. The minimum absolute atomic E-state index is 0.0269. The number of amides is 8. The highest BCUT2D eigenvalue weighted by Gasteiger charge is 2.28. The first-order chi connectivity index (χ1) is 41.4. The van der Waals surface area contributed by atoms with E-state index in [9.17, 15) is 87.5 Å². The number of nitrogens with one attached hydrogen (secondary N) is 7. The van der Waals surface area contributed by atoms with Crippen molar-refractivity contribution in [2.75, 3.05) is 65.9 Å². The third-order valence-corrected chi connectivity index (χ3v) is 13.1. The van der Waals surface area contributed by atoms with Crippen LogP contribution in [0.25, 0.3) is 0 Å². The Morgan fingerprint density at radius 2 is 0.609 bits per heavy atom. The Morgan fingerprint density at radius 3 is 0.954 bits per heavy atom. The van der Waals surface area contributed by atoms with E-state index >= 15 is 0 Å². The average Bonchev–Trinajstić information content (AvgIpc) is 3.58. The van der Waals surface area contributed by atoms with Gasteiger partial charge in [0.2, 0.25) is 47.3 Å². The molecule has 0 bridgehead atoms. The van der Waals surface area contributed by atoms with Crippen molar-refractivity contribution >= 4 is 82.9 Å². The number of aliphatic carboxylic acids is 5. The van der Waals surface area contributed by atoms with Gasteiger partial charge in [0.1, 0.15) is 37.4 Å². The van der Waals surface area contributed by atoms with Crippen LogP contribution in [0.1, 0.15) is 174 Å². The Morgan fingerprint density at radius 1 is 0.322 bits per heavy atom. The molecule has 87 heavy (non-hydrogen) atoms. The molecule has 0 aromatic rings. The minimum Gasteiger partial charge on any atom is -0.481 e. The fourth-order valence-corrected chi connectivity index (χ4v) is 8.21. The molecule has 0 rings (SSSR count). The van der Waals surface area contributed by atoms with Crippen molar-refractivity contribution in [3.63, 3.8) is 0 Å². The third kappa shape index (κ3) is 47.5. The monoisotopic (exact) mass is 1250 g/mol. The molecular weight excluding hydrogens is 1150 g/mol. The number of unbranched alkanes of at least 4 members (excludes halogenated alkanes) is 13. The molecule has 0 aromatic heterocycles. The highest BCUT2D eigenvalue weighted by molar-refractivity contribution is 5.90. The molecule has 0 aromatic carbocycles. The highest BCUT2D eigenvalue weighted by atomic mass is 16.5. The van der Waals surface area contributed by atoms with Crippen LogP contribution in [0.5, 0.6) is 0 Å². The number of hydrogen-bond acceptors (Lipinski definition) is 18. The van der Waals surface area contributed by atoms with Gasteiger partial charge in [-0.05, 0) is 51.9 Å². The summed E-state index contributed by atoms with van der Waals surface area (Å²) in [6.45, 7) is 1.30. The normalized spacial score (nSPS) is 12.7. The summed E-state index contributed by atoms with van der Waals surface area (Å²) in [4.78, 5) is 167. The maximum absolute atomic E-state index is 12.7. The summed E-state index contributed by atoms with van der Waals surface area (Å²) >= 11 is 0. The summed E-state index contributed by atoms with van der Waals surface area (Å²) in [6, 6.07) is -7.14. The van der Waals surface area contributed by atoms with Gasteiger partial charge in [0.05, 0.1) is 45.7 Å². The standard InChI is InChI=1S/C56H94N8O23/c1-38(65)39(18-23-44(57)66)60-51(73)37-87-35-33-85-31-29-59-50(72)36-86-34-32-84-30-28-58-45(67)24-19-40(53(76)77)62-47(69)26-21-42(55(80)81)64-49(71)27-22-43(56(82)83)63-48(70)25-20-41(54(78)79)61-46(68)16-14-12-10-8-6-4-2-3-5-7-9-11-13-15-17-52(74)75/h39-43H,2-37H2,1H3,(H2,57,66)(H,58,67)(H,59,72)(H,60,73)(H,61,68)(H,62,69)(H,63,70)(H,64,71)(H,74,75)(H,76,77)(H,78,79)(H,80,81)(H,82,83)/t39-,40+,41-,42-,43+/m0/s1. The molecule has 0 radical (unpaired) electrons. The number of rotatable bonds is 58. The smallest absolute Gasteiger partial charge is 0.326 e. The van der Waals surface area contributed by atoms with Gasteiger partial charge in [0.15, 0.2) is 5.78 Å². The maximum atomic E-state index is 12.7. The molecule has 496 valence electrons. The number of primary amides is 1. The number of nitrogens with two attached hydrogens (primary N) is 1. The van der Waals surface area contributed by atoms with Gasteiger partial charge >= 0.3 is 29.8 Å². The molecule has 0 aliphatic carbocycles. The lowest BCUT2D eigenvalue weighted by atomic mass is 10.0. The van der Waals surface area contributed by atoms with Crippen molar-refractivity contribution in [3.05, 3.63) is 0 Å². The van der Waals surface area contributed by atoms with E-state index < -0.39 is 139 Å². The predicted molar refractivity (Wildman–Crippen MR) is 307 cm³/mol. The number of carboxylic acids is 5. The Kier molecular flexibility index (Phi) is 46.4. The van der Waals surface area contributed by atoms with Crippen molar-refractivity contribution < 1.29 is 112 Å². The lowest BCUT2D eigenvalue weighted by molar-refractivity contribution is -0.144. The number of ketones is 1. The summed E-state index contributed by atoms with van der Waals surface area (Å²) in [5.41, 5.74) is 5.08. The van der Waals surface area contributed by atoms with Crippen LogP contribution in [0.4, 0.5) is 0 Å². The summed E-state index contributed by atoms with van der Waals surface area (Å²) in [6.07, 6.45) is 10.5. The number of ether oxygens (including phenoxy) is 4. The fourth-order valence-electron chi connectivity index (χ4n) is 8.21. The van der Waals surface area contributed by atoms with E-state index in [1.165, 1.54) is 6.92 Å². The number of carboxylic acid groups (broad SMARTS) is 5. The molecule has 31 nitrogen and oxygen atoms in total. The first kappa shape index (κ1) is 79.6. The van der Waals surface area contributed by atoms with Gasteiger partial charge in [-0.15, -0.1) is 0 Å². The Bertz CT molecular complexity index is 2150. The van der Waals surface area contributed by atoms with E-state index in [0.29, 0.717) is 6.42 Å². The van der Waals surface area contributed by atoms with Crippen LogP contribution in [0.15, 0.2) is 0 Å². The number of carbonyl (C=O) groups is 14. The van der Waals surface area contributed by atoms with Gasteiger partial charge in [0, 0.05) is 58.0 Å². The Balaban J connectivity index is 4.39. The molecule has 0 heterocycles. The van der Waals surface area contributed by atoms with Gasteiger partial charge in [-0.1, -0.05) is 77.0 Å². The Hall–Kier alpha value is -7.38.